The van der Waals surface area contributed by atoms with E-state index < -0.39 is 0 Å². The first kappa shape index (κ1) is 16.2. The fourth-order valence-electron chi connectivity index (χ4n) is 3.02. The largest absolute Gasteiger partial charge is 0.349 e. The van der Waals surface area contributed by atoms with E-state index in [1.807, 2.05) is 25.3 Å². The van der Waals surface area contributed by atoms with Crippen LogP contribution in [0.2, 0.25) is 0 Å². The number of aromatic nitrogens is 2. The van der Waals surface area contributed by atoms with E-state index in [0.717, 1.165) is 50.0 Å². The van der Waals surface area contributed by atoms with E-state index in [4.69, 9.17) is 4.98 Å². The first-order valence-electron chi connectivity index (χ1n) is 8.36. The van der Waals surface area contributed by atoms with Gasteiger partial charge in [-0.1, -0.05) is 13.3 Å². The van der Waals surface area contributed by atoms with Gasteiger partial charge < -0.3 is 5.32 Å². The zero-order valence-corrected chi connectivity index (χ0v) is 14.8. The maximum Gasteiger partial charge on any atom is 0.262 e. The van der Waals surface area contributed by atoms with Crippen molar-refractivity contribution in [2.75, 3.05) is 0 Å². The van der Waals surface area contributed by atoms with E-state index in [1.54, 1.807) is 0 Å². The number of hydrogen-bond acceptors (Lipinski definition) is 4. The third-order valence-corrected chi connectivity index (χ3v) is 5.79. The van der Waals surface area contributed by atoms with Crippen LogP contribution in [0.1, 0.15) is 60.6 Å². The van der Waals surface area contributed by atoms with Crippen molar-refractivity contribution in [1.82, 2.24) is 14.9 Å². The molecule has 3 heterocycles. The monoisotopic (exact) mass is 333 g/mol. The standard InChI is InChI=1S/C17H23N3O2S/c1-4-10(2)18-15(21)14-11(3)13-16(23-14)19-12-8-6-5-7-9-20(12)17(13)22/h10H,4-9H2,1-3H3,(H,18,21)/t10-/m0/s1. The number of aryl methyl sites for hydroxylation is 2. The number of carbonyl (C=O) groups is 1. The first-order chi connectivity index (χ1) is 11.0. The SMILES string of the molecule is CC[C@H](C)NC(=O)c1sc2nc3n(c(=O)c2c1C)CCCCC3. The molecule has 6 heteroatoms. The Hall–Kier alpha value is -1.69. The van der Waals surface area contributed by atoms with Crippen LogP contribution in [0.15, 0.2) is 4.79 Å². The zero-order valence-electron chi connectivity index (χ0n) is 13.9. The predicted octanol–water partition coefficient (Wildman–Crippen LogP) is 3.02. The maximum absolute atomic E-state index is 12.9. The van der Waals surface area contributed by atoms with Crippen LogP contribution >= 0.6 is 11.3 Å². The molecule has 23 heavy (non-hydrogen) atoms. The van der Waals surface area contributed by atoms with E-state index in [0.29, 0.717) is 15.1 Å². The summed E-state index contributed by atoms with van der Waals surface area (Å²) in [6, 6.07) is 0.123. The van der Waals surface area contributed by atoms with Gasteiger partial charge in [0.1, 0.15) is 10.7 Å². The van der Waals surface area contributed by atoms with Crippen molar-refractivity contribution in [3.63, 3.8) is 0 Å². The van der Waals surface area contributed by atoms with Gasteiger partial charge in [0.15, 0.2) is 0 Å². The van der Waals surface area contributed by atoms with Gasteiger partial charge in [0.05, 0.1) is 10.3 Å². The van der Waals surface area contributed by atoms with Crippen LogP contribution in [-0.4, -0.2) is 21.5 Å². The lowest BCUT2D eigenvalue weighted by molar-refractivity contribution is 0.0943. The molecule has 0 radical (unpaired) electrons. The van der Waals surface area contributed by atoms with Gasteiger partial charge in [-0.2, -0.15) is 0 Å². The summed E-state index contributed by atoms with van der Waals surface area (Å²) >= 11 is 1.34. The Balaban J connectivity index is 2.10. The molecule has 0 unspecified atom stereocenters. The third-order valence-electron chi connectivity index (χ3n) is 4.61. The summed E-state index contributed by atoms with van der Waals surface area (Å²) < 4.78 is 1.81. The molecule has 1 atom stereocenters. The van der Waals surface area contributed by atoms with Crippen LogP contribution in [0.25, 0.3) is 10.2 Å². The van der Waals surface area contributed by atoms with Crippen molar-refractivity contribution < 1.29 is 4.79 Å². The van der Waals surface area contributed by atoms with Crippen molar-refractivity contribution in [2.45, 2.75) is 65.5 Å². The molecule has 1 aliphatic rings. The van der Waals surface area contributed by atoms with Gasteiger partial charge in [-0.05, 0) is 38.7 Å². The third kappa shape index (κ3) is 2.92. The van der Waals surface area contributed by atoms with Gasteiger partial charge in [-0.15, -0.1) is 11.3 Å². The van der Waals surface area contributed by atoms with Crippen molar-refractivity contribution in [3.05, 3.63) is 26.6 Å². The number of fused-ring (bicyclic) bond motifs is 2. The Morgan fingerprint density at radius 2 is 2.17 bits per heavy atom. The second-order valence-electron chi connectivity index (χ2n) is 6.31. The Bertz CT molecular complexity index is 806. The van der Waals surface area contributed by atoms with Crippen LogP contribution in [-0.2, 0) is 13.0 Å². The molecule has 1 amide bonds. The number of carbonyl (C=O) groups excluding carboxylic acids is 1. The van der Waals surface area contributed by atoms with Gasteiger partial charge in [0.2, 0.25) is 0 Å². The summed E-state index contributed by atoms with van der Waals surface area (Å²) in [6.45, 7) is 6.61. The van der Waals surface area contributed by atoms with Crippen LogP contribution in [0.4, 0.5) is 0 Å². The lowest BCUT2D eigenvalue weighted by Gasteiger charge is -2.10. The van der Waals surface area contributed by atoms with Gasteiger partial charge in [-0.25, -0.2) is 4.98 Å². The molecular formula is C17H23N3O2S. The van der Waals surface area contributed by atoms with Crippen LogP contribution in [0.3, 0.4) is 0 Å². The topological polar surface area (TPSA) is 64.0 Å². The molecule has 0 saturated carbocycles. The summed E-state index contributed by atoms with van der Waals surface area (Å²) in [5, 5.41) is 3.60. The molecule has 2 aromatic rings. The van der Waals surface area contributed by atoms with E-state index in [-0.39, 0.29) is 17.5 Å². The van der Waals surface area contributed by atoms with Gasteiger partial charge >= 0.3 is 0 Å². The number of thiophene rings is 1. The molecule has 0 spiro atoms. The Morgan fingerprint density at radius 1 is 1.39 bits per heavy atom. The molecule has 5 nitrogen and oxygen atoms in total. The molecule has 1 aliphatic heterocycles. The minimum Gasteiger partial charge on any atom is -0.349 e. The summed E-state index contributed by atoms with van der Waals surface area (Å²) in [5.41, 5.74) is 0.783. The lowest BCUT2D eigenvalue weighted by Crippen LogP contribution is -2.31. The molecule has 2 aromatic heterocycles. The predicted molar refractivity (Wildman–Crippen MR) is 93.4 cm³/mol. The number of hydrogen-bond donors (Lipinski definition) is 1. The second-order valence-corrected chi connectivity index (χ2v) is 7.31. The minimum atomic E-state index is -0.0977. The lowest BCUT2D eigenvalue weighted by atomic mass is 10.2. The van der Waals surface area contributed by atoms with Crippen molar-refractivity contribution in [3.8, 4) is 0 Å². The van der Waals surface area contributed by atoms with Crippen LogP contribution in [0.5, 0.6) is 0 Å². The van der Waals surface area contributed by atoms with E-state index >= 15 is 0 Å². The van der Waals surface area contributed by atoms with Crippen LogP contribution in [0, 0.1) is 6.92 Å². The van der Waals surface area contributed by atoms with Gasteiger partial charge in [0, 0.05) is 19.0 Å². The molecule has 0 saturated heterocycles. The molecule has 124 valence electrons. The maximum atomic E-state index is 12.9. The zero-order chi connectivity index (χ0) is 16.6. The number of amides is 1. The van der Waals surface area contributed by atoms with Crippen molar-refractivity contribution >= 4 is 27.5 Å². The molecule has 0 aromatic carbocycles. The molecule has 0 aliphatic carbocycles. The first-order valence-corrected chi connectivity index (χ1v) is 9.18. The molecule has 0 fully saturated rings. The molecule has 0 bridgehead atoms. The summed E-state index contributed by atoms with van der Waals surface area (Å²) in [4.78, 5) is 31.3. The smallest absolute Gasteiger partial charge is 0.262 e. The molecular weight excluding hydrogens is 310 g/mol. The highest BCUT2D eigenvalue weighted by Crippen LogP contribution is 2.28. The second kappa shape index (κ2) is 6.43. The molecule has 1 N–H and O–H groups in total. The summed E-state index contributed by atoms with van der Waals surface area (Å²) in [7, 11) is 0. The minimum absolute atomic E-state index is 0.0169. The van der Waals surface area contributed by atoms with Gasteiger partial charge in [0.25, 0.3) is 11.5 Å². The molecule has 3 rings (SSSR count). The fraction of sp³-hybridized carbons (Fsp3) is 0.588. The number of nitrogens with one attached hydrogen (secondary N) is 1. The Morgan fingerprint density at radius 3 is 2.91 bits per heavy atom. The highest BCUT2D eigenvalue weighted by Gasteiger charge is 2.22. The van der Waals surface area contributed by atoms with Gasteiger partial charge in [-0.3, -0.25) is 14.2 Å². The highest BCUT2D eigenvalue weighted by molar-refractivity contribution is 7.20. The summed E-state index contributed by atoms with van der Waals surface area (Å²) in [6.07, 6.45) is 4.95. The van der Waals surface area contributed by atoms with E-state index in [9.17, 15) is 9.59 Å². The Kier molecular flexibility index (Phi) is 4.53. The van der Waals surface area contributed by atoms with Crippen LogP contribution < -0.4 is 10.9 Å². The van der Waals surface area contributed by atoms with E-state index in [1.165, 1.54) is 11.3 Å². The van der Waals surface area contributed by atoms with Crippen molar-refractivity contribution in [1.29, 1.82) is 0 Å². The number of nitrogens with zero attached hydrogens (tertiary/aromatic N) is 2. The van der Waals surface area contributed by atoms with E-state index in [2.05, 4.69) is 5.32 Å². The average Bonchev–Trinajstić information content (AvgIpc) is 2.71. The highest BCUT2D eigenvalue weighted by atomic mass is 32.1. The average molecular weight is 333 g/mol. The number of rotatable bonds is 3. The van der Waals surface area contributed by atoms with Crippen molar-refractivity contribution in [2.24, 2.45) is 0 Å². The quantitative estimate of drug-likeness (QED) is 0.939. The summed E-state index contributed by atoms with van der Waals surface area (Å²) in [5.74, 6) is 0.773. The fourth-order valence-corrected chi connectivity index (χ4v) is 4.11. The normalized spacial score (nSPS) is 16.0. The Labute approximate surface area is 139 Å².